The van der Waals surface area contributed by atoms with Gasteiger partial charge in [-0.1, -0.05) is 77.1 Å². The van der Waals surface area contributed by atoms with Crippen LogP contribution in [0, 0.1) is 0 Å². The van der Waals surface area contributed by atoms with Crippen LogP contribution in [0.15, 0.2) is 66.2 Å². The van der Waals surface area contributed by atoms with Gasteiger partial charge in [0, 0.05) is 9.50 Å². The van der Waals surface area contributed by atoms with Crippen LogP contribution in [0.5, 0.6) is 0 Å². The van der Waals surface area contributed by atoms with Crippen LogP contribution in [0.3, 0.4) is 0 Å². The Balaban J connectivity index is 0.000000180. The first-order chi connectivity index (χ1) is 8.65. The first-order valence-electron chi connectivity index (χ1n) is 5.41. The zero-order chi connectivity index (χ0) is 13.4. The standard InChI is InChI=1S/C8H7Br.C8H7Cl/c2*1-2-7-3-5-8(9)6-4-7/h2*2-6H,1H2. The van der Waals surface area contributed by atoms with E-state index in [0.29, 0.717) is 0 Å². The summed E-state index contributed by atoms with van der Waals surface area (Å²) in [5.41, 5.74) is 2.25. The lowest BCUT2D eigenvalue weighted by atomic mass is 10.2. The average Bonchev–Trinajstić information content (AvgIpc) is 2.41. The van der Waals surface area contributed by atoms with Crippen molar-refractivity contribution >= 4 is 39.7 Å². The second-order valence-electron chi connectivity index (χ2n) is 3.51. The van der Waals surface area contributed by atoms with E-state index in [0.717, 1.165) is 20.6 Å². The molecule has 0 amide bonds. The minimum absolute atomic E-state index is 0.764. The van der Waals surface area contributed by atoms with Gasteiger partial charge in [-0.15, -0.1) is 0 Å². The topological polar surface area (TPSA) is 0 Å². The summed E-state index contributed by atoms with van der Waals surface area (Å²) < 4.78 is 1.10. The van der Waals surface area contributed by atoms with E-state index in [-0.39, 0.29) is 0 Å². The molecule has 0 unspecified atom stereocenters. The number of hydrogen-bond acceptors (Lipinski definition) is 0. The molecule has 2 rings (SSSR count). The SMILES string of the molecule is C=Cc1ccc(Br)cc1.C=Cc1ccc(Cl)cc1. The molecule has 18 heavy (non-hydrogen) atoms. The fourth-order valence-electron chi connectivity index (χ4n) is 1.20. The Bertz CT molecular complexity index is 448. The Labute approximate surface area is 122 Å². The quantitative estimate of drug-likeness (QED) is 0.629. The van der Waals surface area contributed by atoms with Crippen LogP contribution < -0.4 is 0 Å². The van der Waals surface area contributed by atoms with Gasteiger partial charge >= 0.3 is 0 Å². The van der Waals surface area contributed by atoms with E-state index < -0.39 is 0 Å². The second-order valence-corrected chi connectivity index (χ2v) is 4.86. The molecular formula is C16H14BrCl. The lowest BCUT2D eigenvalue weighted by molar-refractivity contribution is 1.62. The molecule has 0 spiro atoms. The van der Waals surface area contributed by atoms with Crippen molar-refractivity contribution < 1.29 is 0 Å². The highest BCUT2D eigenvalue weighted by Gasteiger charge is 1.84. The minimum atomic E-state index is 0.764. The summed E-state index contributed by atoms with van der Waals surface area (Å²) in [4.78, 5) is 0. The molecule has 2 heteroatoms. The van der Waals surface area contributed by atoms with Gasteiger partial charge in [0.2, 0.25) is 0 Å². The number of halogens is 2. The van der Waals surface area contributed by atoms with Crippen LogP contribution >= 0.6 is 27.5 Å². The van der Waals surface area contributed by atoms with Gasteiger partial charge in [0.25, 0.3) is 0 Å². The monoisotopic (exact) mass is 320 g/mol. The average molecular weight is 322 g/mol. The smallest absolute Gasteiger partial charge is 0.0406 e. The molecule has 2 aromatic rings. The van der Waals surface area contributed by atoms with Crippen molar-refractivity contribution in [1.82, 2.24) is 0 Å². The van der Waals surface area contributed by atoms with Crippen molar-refractivity contribution in [3.8, 4) is 0 Å². The van der Waals surface area contributed by atoms with E-state index in [1.54, 1.807) is 6.08 Å². The molecular weight excluding hydrogens is 308 g/mol. The summed E-state index contributed by atoms with van der Waals surface area (Å²) in [5.74, 6) is 0. The molecule has 0 aromatic heterocycles. The van der Waals surface area contributed by atoms with Crippen LogP contribution in [-0.4, -0.2) is 0 Å². The summed E-state index contributed by atoms with van der Waals surface area (Å²) >= 11 is 8.97. The van der Waals surface area contributed by atoms with Crippen LogP contribution in [0.25, 0.3) is 12.2 Å². The molecule has 0 N–H and O–H groups in total. The summed E-state index contributed by atoms with van der Waals surface area (Å²) in [6.45, 7) is 7.26. The normalized spacial score (nSPS) is 9.00. The molecule has 0 bridgehead atoms. The first kappa shape index (κ1) is 14.7. The van der Waals surface area contributed by atoms with E-state index in [1.807, 2.05) is 54.6 Å². The molecule has 0 saturated heterocycles. The molecule has 0 saturated carbocycles. The number of hydrogen-bond donors (Lipinski definition) is 0. The van der Waals surface area contributed by atoms with E-state index in [1.165, 1.54) is 0 Å². The van der Waals surface area contributed by atoms with Crippen LogP contribution in [0.4, 0.5) is 0 Å². The zero-order valence-electron chi connectivity index (χ0n) is 9.94. The Kier molecular flexibility index (Phi) is 6.48. The Morgan fingerprint density at radius 2 is 1.17 bits per heavy atom. The lowest BCUT2D eigenvalue weighted by Crippen LogP contribution is -1.67. The molecule has 92 valence electrons. The van der Waals surface area contributed by atoms with Crippen LogP contribution in [0.2, 0.25) is 5.02 Å². The highest BCUT2D eigenvalue weighted by Crippen LogP contribution is 2.10. The maximum atomic E-state index is 5.63. The number of rotatable bonds is 2. The van der Waals surface area contributed by atoms with Gasteiger partial charge in [-0.25, -0.2) is 0 Å². The van der Waals surface area contributed by atoms with Gasteiger partial charge in [0.15, 0.2) is 0 Å². The summed E-state index contributed by atoms with van der Waals surface area (Å²) in [6.07, 6.45) is 3.61. The van der Waals surface area contributed by atoms with Gasteiger partial charge in [-0.2, -0.15) is 0 Å². The predicted octanol–water partition coefficient (Wildman–Crippen LogP) is 6.08. The summed E-state index contributed by atoms with van der Waals surface area (Å²) in [5, 5.41) is 0.764. The van der Waals surface area contributed by atoms with E-state index in [2.05, 4.69) is 29.1 Å². The molecule has 0 radical (unpaired) electrons. The first-order valence-corrected chi connectivity index (χ1v) is 6.59. The van der Waals surface area contributed by atoms with Gasteiger partial charge < -0.3 is 0 Å². The van der Waals surface area contributed by atoms with Gasteiger partial charge in [-0.05, 0) is 35.4 Å². The van der Waals surface area contributed by atoms with Gasteiger partial charge in [0.05, 0.1) is 0 Å². The van der Waals surface area contributed by atoms with E-state index in [9.17, 15) is 0 Å². The molecule has 0 heterocycles. The van der Waals surface area contributed by atoms with E-state index in [4.69, 9.17) is 11.6 Å². The third-order valence-corrected chi connectivity index (χ3v) is 2.99. The van der Waals surface area contributed by atoms with Crippen molar-refractivity contribution in [2.24, 2.45) is 0 Å². The second kappa shape index (κ2) is 7.91. The van der Waals surface area contributed by atoms with Crippen molar-refractivity contribution in [3.63, 3.8) is 0 Å². The molecule has 2 aromatic carbocycles. The molecule has 0 atom stereocenters. The zero-order valence-corrected chi connectivity index (χ0v) is 12.3. The number of benzene rings is 2. The third-order valence-electron chi connectivity index (χ3n) is 2.21. The summed E-state index contributed by atoms with van der Waals surface area (Å²) in [6, 6.07) is 15.6. The largest absolute Gasteiger partial charge is 0.0985 e. The molecule has 0 nitrogen and oxygen atoms in total. The van der Waals surface area contributed by atoms with Gasteiger partial charge in [0.1, 0.15) is 0 Å². The Morgan fingerprint density at radius 1 is 0.778 bits per heavy atom. The van der Waals surface area contributed by atoms with Crippen LogP contribution in [-0.2, 0) is 0 Å². The van der Waals surface area contributed by atoms with Crippen molar-refractivity contribution in [2.45, 2.75) is 0 Å². The summed E-state index contributed by atoms with van der Waals surface area (Å²) in [7, 11) is 0. The third kappa shape index (κ3) is 5.35. The minimum Gasteiger partial charge on any atom is -0.0985 e. The molecule has 0 fully saturated rings. The maximum absolute atomic E-state index is 5.63. The Hall–Kier alpha value is -1.31. The fraction of sp³-hybridized carbons (Fsp3) is 0. The maximum Gasteiger partial charge on any atom is 0.0406 e. The lowest BCUT2D eigenvalue weighted by Gasteiger charge is -1.90. The molecule has 0 aliphatic carbocycles. The van der Waals surface area contributed by atoms with Gasteiger partial charge in [-0.3, -0.25) is 0 Å². The van der Waals surface area contributed by atoms with Crippen LogP contribution in [0.1, 0.15) is 11.1 Å². The Morgan fingerprint density at radius 3 is 1.56 bits per heavy atom. The fourth-order valence-corrected chi connectivity index (χ4v) is 1.59. The molecule has 0 aliphatic rings. The van der Waals surface area contributed by atoms with Crippen molar-refractivity contribution in [1.29, 1.82) is 0 Å². The predicted molar refractivity (Wildman–Crippen MR) is 85.8 cm³/mol. The van der Waals surface area contributed by atoms with Crippen molar-refractivity contribution in [3.05, 3.63) is 82.3 Å². The highest BCUT2D eigenvalue weighted by atomic mass is 79.9. The highest BCUT2D eigenvalue weighted by molar-refractivity contribution is 9.10. The van der Waals surface area contributed by atoms with Crippen molar-refractivity contribution in [2.75, 3.05) is 0 Å². The molecule has 0 aliphatic heterocycles. The van der Waals surface area contributed by atoms with E-state index >= 15 is 0 Å².